The Morgan fingerprint density at radius 1 is 1.50 bits per heavy atom. The molecular formula is C13H19N3O3S. The first kappa shape index (κ1) is 14.8. The quantitative estimate of drug-likeness (QED) is 0.875. The minimum absolute atomic E-state index is 0.0666. The van der Waals surface area contributed by atoms with Crippen molar-refractivity contribution in [3.63, 3.8) is 0 Å². The average molecular weight is 297 g/mol. The van der Waals surface area contributed by atoms with Crippen LogP contribution in [-0.2, 0) is 16.3 Å². The van der Waals surface area contributed by atoms with Gasteiger partial charge >= 0.3 is 6.03 Å². The molecule has 1 aliphatic rings. The molecule has 1 fully saturated rings. The van der Waals surface area contributed by atoms with Crippen LogP contribution >= 0.6 is 0 Å². The van der Waals surface area contributed by atoms with E-state index in [9.17, 15) is 13.2 Å². The number of nitrogens with zero attached hydrogens (tertiary/aromatic N) is 2. The first-order chi connectivity index (χ1) is 9.48. The lowest BCUT2D eigenvalue weighted by molar-refractivity contribution is 0.195. The summed E-state index contributed by atoms with van der Waals surface area (Å²) in [6, 6.07) is 5.20. The third kappa shape index (κ3) is 3.93. The maximum absolute atomic E-state index is 11.9. The topological polar surface area (TPSA) is 79.4 Å². The molecule has 1 atom stereocenters. The van der Waals surface area contributed by atoms with E-state index in [1.165, 1.54) is 4.90 Å². The van der Waals surface area contributed by atoms with E-state index in [1.807, 2.05) is 18.2 Å². The fraction of sp³-hybridized carbons (Fsp3) is 0.538. The Morgan fingerprint density at radius 2 is 2.30 bits per heavy atom. The fourth-order valence-corrected chi connectivity index (χ4v) is 3.99. The molecule has 1 aliphatic heterocycles. The lowest BCUT2D eigenvalue weighted by Crippen LogP contribution is -2.44. The molecule has 0 spiro atoms. The number of amides is 2. The molecule has 1 saturated heterocycles. The van der Waals surface area contributed by atoms with Gasteiger partial charge in [0.2, 0.25) is 0 Å². The first-order valence-electron chi connectivity index (χ1n) is 6.59. The second-order valence-electron chi connectivity index (χ2n) is 4.97. The van der Waals surface area contributed by atoms with Crippen molar-refractivity contribution in [2.45, 2.75) is 18.9 Å². The predicted molar refractivity (Wildman–Crippen MR) is 76.2 cm³/mol. The Kier molecular flexibility index (Phi) is 4.59. The number of carbonyl (C=O) groups is 1. The highest BCUT2D eigenvalue weighted by Crippen LogP contribution is 2.16. The second kappa shape index (κ2) is 6.21. The number of nitrogens with one attached hydrogen (secondary N) is 1. The second-order valence-corrected chi connectivity index (χ2v) is 7.20. The van der Waals surface area contributed by atoms with E-state index in [1.54, 1.807) is 13.2 Å². The van der Waals surface area contributed by atoms with Crippen LogP contribution in [0.25, 0.3) is 0 Å². The molecule has 2 rings (SSSR count). The Balaban J connectivity index is 1.77. The summed E-state index contributed by atoms with van der Waals surface area (Å²) >= 11 is 0. The maximum Gasteiger partial charge on any atom is 0.317 e. The summed E-state index contributed by atoms with van der Waals surface area (Å²) < 4.78 is 22.8. The van der Waals surface area contributed by atoms with Gasteiger partial charge in [-0.05, 0) is 18.6 Å². The SMILES string of the molecule is CN(C(=O)NCCc1ccccn1)C1CCS(=O)(=O)C1. The minimum Gasteiger partial charge on any atom is -0.338 e. The van der Waals surface area contributed by atoms with Crippen molar-refractivity contribution in [3.8, 4) is 0 Å². The molecule has 0 aromatic carbocycles. The standard InChI is InChI=1S/C13H19N3O3S/c1-16(12-6-9-20(18,19)10-12)13(17)15-8-5-11-4-2-3-7-14-11/h2-4,7,12H,5-6,8-10H2,1H3,(H,15,17). The highest BCUT2D eigenvalue weighted by atomic mass is 32.2. The molecule has 0 saturated carbocycles. The summed E-state index contributed by atoms with van der Waals surface area (Å²) in [5.41, 5.74) is 0.916. The zero-order chi connectivity index (χ0) is 14.6. The molecule has 0 radical (unpaired) electrons. The molecule has 1 unspecified atom stereocenters. The van der Waals surface area contributed by atoms with Crippen LogP contribution in [0.5, 0.6) is 0 Å². The van der Waals surface area contributed by atoms with Gasteiger partial charge in [-0.2, -0.15) is 0 Å². The summed E-state index contributed by atoms with van der Waals surface area (Å²) in [6.07, 6.45) is 2.89. The maximum atomic E-state index is 11.9. The van der Waals surface area contributed by atoms with Gasteiger partial charge in [-0.15, -0.1) is 0 Å². The van der Waals surface area contributed by atoms with Crippen LogP contribution in [0.2, 0.25) is 0 Å². The van der Waals surface area contributed by atoms with Crippen molar-refractivity contribution >= 4 is 15.9 Å². The van der Waals surface area contributed by atoms with Crippen molar-refractivity contribution in [1.29, 1.82) is 0 Å². The zero-order valence-corrected chi connectivity index (χ0v) is 12.3. The van der Waals surface area contributed by atoms with E-state index in [4.69, 9.17) is 0 Å². The van der Waals surface area contributed by atoms with Crippen molar-refractivity contribution < 1.29 is 13.2 Å². The highest BCUT2D eigenvalue weighted by Gasteiger charge is 2.32. The molecule has 1 aromatic rings. The van der Waals surface area contributed by atoms with Gasteiger partial charge in [-0.25, -0.2) is 13.2 Å². The minimum atomic E-state index is -2.97. The largest absolute Gasteiger partial charge is 0.338 e. The van der Waals surface area contributed by atoms with E-state index in [-0.39, 0.29) is 23.6 Å². The fourth-order valence-electron chi connectivity index (χ4n) is 2.21. The van der Waals surface area contributed by atoms with Crippen molar-refractivity contribution in [2.75, 3.05) is 25.1 Å². The zero-order valence-electron chi connectivity index (χ0n) is 11.4. The van der Waals surface area contributed by atoms with Crippen molar-refractivity contribution in [3.05, 3.63) is 30.1 Å². The van der Waals surface area contributed by atoms with E-state index in [0.29, 0.717) is 19.4 Å². The van der Waals surface area contributed by atoms with Gasteiger partial charge in [0, 0.05) is 37.9 Å². The van der Waals surface area contributed by atoms with Crippen LogP contribution in [0, 0.1) is 0 Å². The Bertz CT molecular complexity index is 559. The molecule has 1 N–H and O–H groups in total. The van der Waals surface area contributed by atoms with Crippen LogP contribution in [0.3, 0.4) is 0 Å². The van der Waals surface area contributed by atoms with Gasteiger partial charge in [0.25, 0.3) is 0 Å². The normalized spacial score (nSPS) is 20.6. The van der Waals surface area contributed by atoms with E-state index in [2.05, 4.69) is 10.3 Å². The van der Waals surface area contributed by atoms with Gasteiger partial charge in [-0.1, -0.05) is 6.07 Å². The Morgan fingerprint density at radius 3 is 2.90 bits per heavy atom. The van der Waals surface area contributed by atoms with E-state index >= 15 is 0 Å². The van der Waals surface area contributed by atoms with Gasteiger partial charge < -0.3 is 10.2 Å². The first-order valence-corrected chi connectivity index (χ1v) is 8.41. The molecule has 6 nitrogen and oxygen atoms in total. The van der Waals surface area contributed by atoms with Crippen LogP contribution in [0.15, 0.2) is 24.4 Å². The third-order valence-electron chi connectivity index (χ3n) is 3.46. The number of carbonyl (C=O) groups excluding carboxylic acids is 1. The summed E-state index contributed by atoms with van der Waals surface area (Å²) in [6.45, 7) is 0.486. The number of hydrogen-bond donors (Lipinski definition) is 1. The van der Waals surface area contributed by atoms with Crippen molar-refractivity contribution in [1.82, 2.24) is 15.2 Å². The van der Waals surface area contributed by atoms with Crippen molar-refractivity contribution in [2.24, 2.45) is 0 Å². The number of sulfone groups is 1. The molecule has 2 heterocycles. The highest BCUT2D eigenvalue weighted by molar-refractivity contribution is 7.91. The van der Waals surface area contributed by atoms with Crippen LogP contribution in [0.1, 0.15) is 12.1 Å². The van der Waals surface area contributed by atoms with Gasteiger partial charge in [0.15, 0.2) is 9.84 Å². The number of pyridine rings is 1. The number of hydrogen-bond acceptors (Lipinski definition) is 4. The Hall–Kier alpha value is -1.63. The molecule has 20 heavy (non-hydrogen) atoms. The van der Waals surface area contributed by atoms with Gasteiger partial charge in [-0.3, -0.25) is 4.98 Å². The van der Waals surface area contributed by atoms with Gasteiger partial charge in [0.05, 0.1) is 11.5 Å². The third-order valence-corrected chi connectivity index (χ3v) is 5.21. The predicted octanol–water partition coefficient (Wildman–Crippen LogP) is 0.453. The lowest BCUT2D eigenvalue weighted by atomic mass is 10.2. The van der Waals surface area contributed by atoms with Crippen LogP contribution < -0.4 is 5.32 Å². The summed E-state index contributed by atoms with van der Waals surface area (Å²) in [7, 11) is -1.33. The number of aromatic nitrogens is 1. The summed E-state index contributed by atoms with van der Waals surface area (Å²) in [5.74, 6) is 0.236. The van der Waals surface area contributed by atoms with Gasteiger partial charge in [0.1, 0.15) is 0 Å². The lowest BCUT2D eigenvalue weighted by Gasteiger charge is -2.23. The summed E-state index contributed by atoms with van der Waals surface area (Å²) in [5, 5.41) is 2.79. The molecule has 7 heteroatoms. The van der Waals surface area contributed by atoms with Crippen LogP contribution in [-0.4, -0.2) is 55.5 Å². The van der Waals surface area contributed by atoms with Crippen LogP contribution in [0.4, 0.5) is 4.79 Å². The van der Waals surface area contributed by atoms with E-state index in [0.717, 1.165) is 5.69 Å². The molecule has 1 aromatic heterocycles. The monoisotopic (exact) mass is 297 g/mol. The molecule has 110 valence electrons. The molecular weight excluding hydrogens is 278 g/mol. The molecule has 0 aliphatic carbocycles. The summed E-state index contributed by atoms with van der Waals surface area (Å²) in [4.78, 5) is 17.6. The Labute approximate surface area is 119 Å². The number of urea groups is 1. The number of rotatable bonds is 4. The smallest absolute Gasteiger partial charge is 0.317 e. The molecule has 2 amide bonds. The molecule has 0 bridgehead atoms. The van der Waals surface area contributed by atoms with E-state index < -0.39 is 9.84 Å². The average Bonchev–Trinajstić information content (AvgIpc) is 2.79.